The zero-order valence-corrected chi connectivity index (χ0v) is 10.5. The number of carbonyl (C=O) groups is 1. The van der Waals surface area contributed by atoms with Gasteiger partial charge in [0.15, 0.2) is 0 Å². The summed E-state index contributed by atoms with van der Waals surface area (Å²) in [5.74, 6) is -0.314. The molecule has 0 aromatic heterocycles. The molecular weight excluding hydrogens is 241 g/mol. The van der Waals surface area contributed by atoms with Crippen molar-refractivity contribution in [2.24, 2.45) is 0 Å². The first-order valence-corrected chi connectivity index (χ1v) is 6.39. The third-order valence-electron chi connectivity index (χ3n) is 3.45. The first-order chi connectivity index (χ1) is 9.27. The molecule has 0 unspecified atom stereocenters. The van der Waals surface area contributed by atoms with Crippen molar-refractivity contribution in [2.75, 3.05) is 13.1 Å². The van der Waals surface area contributed by atoms with Crippen LogP contribution in [0, 0.1) is 5.82 Å². The Morgan fingerprint density at radius 2 is 1.84 bits per heavy atom. The molecule has 2 aromatic carbocycles. The van der Waals surface area contributed by atoms with E-state index in [9.17, 15) is 9.18 Å². The average Bonchev–Trinajstić information content (AvgIpc) is 2.48. The molecule has 1 amide bonds. The molecule has 1 heterocycles. The molecule has 0 spiro atoms. The van der Waals surface area contributed by atoms with Gasteiger partial charge in [-0.25, -0.2) is 4.39 Å². The lowest BCUT2D eigenvalue weighted by atomic mass is 10.0. The van der Waals surface area contributed by atoms with Crippen LogP contribution < -0.4 is 0 Å². The third kappa shape index (κ3) is 2.12. The summed E-state index contributed by atoms with van der Waals surface area (Å²) < 4.78 is 13.7. The summed E-state index contributed by atoms with van der Waals surface area (Å²) in [7, 11) is 0. The van der Waals surface area contributed by atoms with Gasteiger partial charge in [-0.15, -0.1) is 0 Å². The molecule has 0 bridgehead atoms. The summed E-state index contributed by atoms with van der Waals surface area (Å²) in [6, 6.07) is 10.1. The largest absolute Gasteiger partial charge is 0.335 e. The third-order valence-corrected chi connectivity index (χ3v) is 3.45. The van der Waals surface area contributed by atoms with E-state index in [4.69, 9.17) is 0 Å². The number of amides is 1. The Morgan fingerprint density at radius 1 is 1.05 bits per heavy atom. The van der Waals surface area contributed by atoms with Crippen LogP contribution in [0.5, 0.6) is 0 Å². The molecule has 0 radical (unpaired) electrons. The van der Waals surface area contributed by atoms with Crippen LogP contribution in [0.3, 0.4) is 0 Å². The number of fused-ring (bicyclic) bond motifs is 1. The van der Waals surface area contributed by atoms with Gasteiger partial charge in [-0.3, -0.25) is 4.79 Å². The predicted molar refractivity (Wildman–Crippen MR) is 73.6 cm³/mol. The predicted octanol–water partition coefficient (Wildman–Crippen LogP) is 3.38. The highest BCUT2D eigenvalue weighted by Gasteiger charge is 2.18. The Morgan fingerprint density at radius 3 is 2.58 bits per heavy atom. The van der Waals surface area contributed by atoms with Crippen LogP contribution in [0.25, 0.3) is 10.8 Å². The summed E-state index contributed by atoms with van der Waals surface area (Å²) in [6.45, 7) is 1.35. The summed E-state index contributed by atoms with van der Waals surface area (Å²) in [6.07, 6.45) is 4.95. The number of hydrogen-bond acceptors (Lipinski definition) is 1. The molecule has 96 valence electrons. The number of halogens is 1. The van der Waals surface area contributed by atoms with Gasteiger partial charge in [-0.2, -0.15) is 0 Å². The maximum atomic E-state index is 13.7. The summed E-state index contributed by atoms with van der Waals surface area (Å²) in [5.41, 5.74) is 0.576. The number of hydrogen-bond donors (Lipinski definition) is 0. The van der Waals surface area contributed by atoms with Gasteiger partial charge in [0.25, 0.3) is 5.91 Å². The van der Waals surface area contributed by atoms with Crippen LogP contribution in [-0.4, -0.2) is 23.9 Å². The zero-order valence-electron chi connectivity index (χ0n) is 10.5. The Labute approximate surface area is 111 Å². The van der Waals surface area contributed by atoms with Gasteiger partial charge in [-0.1, -0.05) is 36.4 Å². The van der Waals surface area contributed by atoms with Crippen molar-refractivity contribution in [1.82, 2.24) is 4.90 Å². The van der Waals surface area contributed by atoms with Crippen molar-refractivity contribution in [3.63, 3.8) is 0 Å². The summed E-state index contributed by atoms with van der Waals surface area (Å²) >= 11 is 0. The highest BCUT2D eigenvalue weighted by atomic mass is 19.1. The monoisotopic (exact) mass is 255 g/mol. The molecule has 2 aromatic rings. The minimum atomic E-state index is -0.286. The highest BCUT2D eigenvalue weighted by molar-refractivity contribution is 6.07. The van der Waals surface area contributed by atoms with Crippen LogP contribution in [0.15, 0.2) is 48.6 Å². The molecule has 0 fully saturated rings. The second kappa shape index (κ2) is 4.84. The minimum absolute atomic E-state index is 0.0273. The Bertz CT molecular complexity index is 663. The van der Waals surface area contributed by atoms with Crippen molar-refractivity contribution >= 4 is 16.7 Å². The molecule has 19 heavy (non-hydrogen) atoms. The summed E-state index contributed by atoms with van der Waals surface area (Å²) in [5, 5.41) is 1.18. The van der Waals surface area contributed by atoms with E-state index in [-0.39, 0.29) is 11.7 Å². The number of nitrogens with zero attached hydrogens (tertiary/aromatic N) is 1. The van der Waals surface area contributed by atoms with Crippen LogP contribution in [-0.2, 0) is 0 Å². The van der Waals surface area contributed by atoms with E-state index in [0.29, 0.717) is 22.9 Å². The smallest absolute Gasteiger partial charge is 0.254 e. The standard InChI is InChI=1S/C16H14FNO/c17-15-9-8-14(12-6-2-3-7-13(12)15)16(19)18-10-4-1-5-11-18/h1-4,6-9H,5,10-11H2. The summed E-state index contributed by atoms with van der Waals surface area (Å²) in [4.78, 5) is 14.3. The van der Waals surface area contributed by atoms with Crippen molar-refractivity contribution < 1.29 is 9.18 Å². The van der Waals surface area contributed by atoms with Gasteiger partial charge < -0.3 is 4.90 Å². The second-order valence-corrected chi connectivity index (χ2v) is 4.65. The lowest BCUT2D eigenvalue weighted by Gasteiger charge is -2.24. The van der Waals surface area contributed by atoms with E-state index in [0.717, 1.165) is 13.0 Å². The molecule has 0 aliphatic carbocycles. The van der Waals surface area contributed by atoms with E-state index in [1.165, 1.54) is 6.07 Å². The molecular formula is C16H14FNO. The topological polar surface area (TPSA) is 20.3 Å². The number of rotatable bonds is 1. The number of benzene rings is 2. The van der Waals surface area contributed by atoms with E-state index >= 15 is 0 Å². The maximum Gasteiger partial charge on any atom is 0.254 e. The Hall–Kier alpha value is -2.16. The molecule has 3 rings (SSSR count). The van der Waals surface area contributed by atoms with Crippen molar-refractivity contribution in [1.29, 1.82) is 0 Å². The Kier molecular flexibility index (Phi) is 3.03. The van der Waals surface area contributed by atoms with Crippen LogP contribution in [0.1, 0.15) is 16.8 Å². The average molecular weight is 255 g/mol. The van der Waals surface area contributed by atoms with E-state index in [2.05, 4.69) is 6.08 Å². The number of carbonyl (C=O) groups excluding carboxylic acids is 1. The van der Waals surface area contributed by atoms with Gasteiger partial charge in [-0.05, 0) is 23.9 Å². The molecule has 1 aliphatic heterocycles. The lowest BCUT2D eigenvalue weighted by Crippen LogP contribution is -2.33. The molecule has 2 nitrogen and oxygen atoms in total. The van der Waals surface area contributed by atoms with Gasteiger partial charge in [0, 0.05) is 24.0 Å². The molecule has 0 atom stereocenters. The lowest BCUT2D eigenvalue weighted by molar-refractivity contribution is 0.0773. The SMILES string of the molecule is O=C(c1ccc(F)c2ccccc12)N1CC=CCC1. The first kappa shape index (κ1) is 11.9. The molecule has 3 heteroatoms. The fourth-order valence-corrected chi connectivity index (χ4v) is 2.44. The minimum Gasteiger partial charge on any atom is -0.335 e. The van der Waals surface area contributed by atoms with Crippen LogP contribution in [0.4, 0.5) is 4.39 Å². The Balaban J connectivity index is 2.07. The maximum absolute atomic E-state index is 13.7. The van der Waals surface area contributed by atoms with E-state index in [1.807, 2.05) is 12.1 Å². The molecule has 1 aliphatic rings. The quantitative estimate of drug-likeness (QED) is 0.715. The zero-order chi connectivity index (χ0) is 13.2. The van der Waals surface area contributed by atoms with E-state index in [1.54, 1.807) is 29.2 Å². The van der Waals surface area contributed by atoms with Gasteiger partial charge in [0.2, 0.25) is 0 Å². The van der Waals surface area contributed by atoms with Crippen molar-refractivity contribution in [3.05, 3.63) is 59.9 Å². The van der Waals surface area contributed by atoms with Crippen molar-refractivity contribution in [2.45, 2.75) is 6.42 Å². The van der Waals surface area contributed by atoms with Crippen molar-refractivity contribution in [3.8, 4) is 0 Å². The van der Waals surface area contributed by atoms with Crippen LogP contribution in [0.2, 0.25) is 0 Å². The van der Waals surface area contributed by atoms with Crippen LogP contribution >= 0.6 is 0 Å². The van der Waals surface area contributed by atoms with E-state index < -0.39 is 0 Å². The molecule has 0 N–H and O–H groups in total. The molecule has 0 saturated carbocycles. The highest BCUT2D eigenvalue weighted by Crippen LogP contribution is 2.23. The van der Waals surface area contributed by atoms with Gasteiger partial charge >= 0.3 is 0 Å². The van der Waals surface area contributed by atoms with Gasteiger partial charge in [0.05, 0.1) is 0 Å². The second-order valence-electron chi connectivity index (χ2n) is 4.65. The fraction of sp³-hybridized carbons (Fsp3) is 0.188. The normalized spacial score (nSPS) is 14.9. The fourth-order valence-electron chi connectivity index (χ4n) is 2.44. The molecule has 0 saturated heterocycles. The first-order valence-electron chi connectivity index (χ1n) is 6.39. The van der Waals surface area contributed by atoms with Gasteiger partial charge in [0.1, 0.15) is 5.82 Å².